The number of carbonyl (C=O) groups is 4. The number of ether oxygens (including phenoxy) is 7. The van der Waals surface area contributed by atoms with Crippen molar-refractivity contribution >= 4 is 24.0 Å². The molecule has 17 heteroatoms. The lowest BCUT2D eigenvalue weighted by molar-refractivity contribution is -0.345. The van der Waals surface area contributed by atoms with Crippen molar-refractivity contribution in [3.05, 3.63) is 77.1 Å². The minimum atomic E-state index is -2.10. The monoisotopic (exact) mass is 900 g/mol. The number of aliphatic hydroxyl groups is 2. The molecule has 1 aromatic carbocycles. The number of alkyl carbamates (subject to hydrolysis) is 1. The maximum absolute atomic E-state index is 14.5. The molecular weight excluding hydrogens is 841 g/mol. The molecule has 1 amide bonds. The second-order valence-electron chi connectivity index (χ2n) is 20.2. The van der Waals surface area contributed by atoms with Crippen LogP contribution in [0.15, 0.2) is 65.9 Å². The second-order valence-corrected chi connectivity index (χ2v) is 20.2. The molecule has 3 aliphatic carbocycles. The lowest BCUT2D eigenvalue weighted by Crippen LogP contribution is -2.79. The van der Waals surface area contributed by atoms with E-state index in [1.165, 1.54) is 19.2 Å². The lowest BCUT2D eigenvalue weighted by atomic mass is 9.45. The van der Waals surface area contributed by atoms with Crippen molar-refractivity contribution < 1.29 is 62.5 Å². The predicted molar refractivity (Wildman–Crippen MR) is 228 cm³/mol. The highest BCUT2D eigenvalue weighted by Crippen LogP contribution is 2.66. The number of aliphatic hydroxyl groups excluding tert-OH is 1. The summed E-state index contributed by atoms with van der Waals surface area (Å²) >= 11 is 0. The van der Waals surface area contributed by atoms with Gasteiger partial charge in [-0.05, 0) is 75.9 Å². The number of rotatable bonds is 10. The predicted octanol–water partition coefficient (Wildman–Crippen LogP) is 4.32. The van der Waals surface area contributed by atoms with E-state index in [0.717, 1.165) is 0 Å². The molecule has 8 rings (SSSR count). The number of likely N-dealkylation sites (tertiary alicyclic amines) is 1. The van der Waals surface area contributed by atoms with Crippen molar-refractivity contribution in [1.82, 2.24) is 15.2 Å². The summed E-state index contributed by atoms with van der Waals surface area (Å²) in [5, 5.41) is 37.9. The van der Waals surface area contributed by atoms with Gasteiger partial charge in [-0.2, -0.15) is 5.26 Å². The Morgan fingerprint density at radius 1 is 1.05 bits per heavy atom. The standard InChI is InChI=1S/C48H60N4O13/c1-26-31(60-42(56)36(54)35(30-16-12-13-19-50-30)51-43(57)65-44(3,4)5)20-48(58)40(63-41(55)29-14-10-9-11-15-29)38-46(8,18-17-32-47(38,25-59-32)64-27(2)53)39-37(34(26)45(48,6)7)61-33(62-39)24-52-22-28(21-49)23-52/h9-16,19,28,31-33,35-40,54,58H,17-18,20,22-25H2,1-8H3,(H,51,57)/t31-,32+,33+,35-,36+,37+,38-,39+,40-,46+,47-,48+/m0/s1. The van der Waals surface area contributed by atoms with Crippen LogP contribution in [0.4, 0.5) is 4.79 Å². The first-order valence-corrected chi connectivity index (χ1v) is 22.3. The molecule has 3 saturated heterocycles. The normalized spacial score (nSPS) is 34.8. The molecule has 2 saturated carbocycles. The first-order chi connectivity index (χ1) is 30.6. The van der Waals surface area contributed by atoms with Gasteiger partial charge in [0, 0.05) is 50.0 Å². The number of hydrogen-bond acceptors (Lipinski definition) is 16. The van der Waals surface area contributed by atoms with Gasteiger partial charge in [-0.25, -0.2) is 14.4 Å². The van der Waals surface area contributed by atoms with Crippen molar-refractivity contribution in [2.45, 2.75) is 140 Å². The minimum absolute atomic E-state index is 0.0513. The zero-order valence-electron chi connectivity index (χ0n) is 38.1. The minimum Gasteiger partial charge on any atom is -0.456 e. The van der Waals surface area contributed by atoms with E-state index in [1.54, 1.807) is 70.2 Å². The number of nitrogens with one attached hydrogen (secondary N) is 1. The van der Waals surface area contributed by atoms with Gasteiger partial charge >= 0.3 is 24.0 Å². The number of hydrogen-bond donors (Lipinski definition) is 3. The smallest absolute Gasteiger partial charge is 0.408 e. The topological polar surface area (TPSA) is 225 Å². The zero-order chi connectivity index (χ0) is 46.9. The van der Waals surface area contributed by atoms with E-state index >= 15 is 0 Å². The molecule has 65 heavy (non-hydrogen) atoms. The molecule has 3 N–H and O–H groups in total. The van der Waals surface area contributed by atoms with Crippen LogP contribution in [0.2, 0.25) is 0 Å². The van der Waals surface area contributed by atoms with E-state index in [2.05, 4.69) is 21.3 Å². The van der Waals surface area contributed by atoms with Crippen LogP contribution in [0.25, 0.3) is 0 Å². The first kappa shape index (κ1) is 46.6. The Kier molecular flexibility index (Phi) is 12.2. The second kappa shape index (κ2) is 17.0. The Morgan fingerprint density at radius 2 is 1.75 bits per heavy atom. The van der Waals surface area contributed by atoms with Gasteiger partial charge in [-0.1, -0.05) is 45.0 Å². The van der Waals surface area contributed by atoms with Crippen molar-refractivity contribution in [2.75, 3.05) is 26.2 Å². The number of carbonyl (C=O) groups excluding carboxylic acids is 4. The van der Waals surface area contributed by atoms with E-state index in [4.69, 9.17) is 33.2 Å². The summed E-state index contributed by atoms with van der Waals surface area (Å²) in [6, 6.07) is 14.1. The van der Waals surface area contributed by atoms with Gasteiger partial charge in [-0.3, -0.25) is 14.7 Å². The third-order valence-electron chi connectivity index (χ3n) is 14.6. The highest BCUT2D eigenvalue weighted by atomic mass is 16.7. The third-order valence-corrected chi connectivity index (χ3v) is 14.6. The Balaban J connectivity index is 1.25. The van der Waals surface area contributed by atoms with Gasteiger partial charge in [0.05, 0.1) is 41.9 Å². The van der Waals surface area contributed by atoms with Crippen molar-refractivity contribution in [3.8, 4) is 6.07 Å². The summed E-state index contributed by atoms with van der Waals surface area (Å²) in [6.07, 6.45) is -6.73. The van der Waals surface area contributed by atoms with E-state index < -0.39 is 107 Å². The van der Waals surface area contributed by atoms with E-state index in [1.807, 2.05) is 20.8 Å². The number of fused-ring (bicyclic) bond motifs is 8. The van der Waals surface area contributed by atoms with Crippen molar-refractivity contribution in [3.63, 3.8) is 0 Å². The Bertz CT molecular complexity index is 2240. The van der Waals surface area contributed by atoms with Crippen LogP contribution in [0.3, 0.4) is 0 Å². The maximum atomic E-state index is 14.5. The molecule has 0 unspecified atom stereocenters. The van der Waals surface area contributed by atoms with Crippen molar-refractivity contribution in [1.29, 1.82) is 5.26 Å². The largest absolute Gasteiger partial charge is 0.456 e. The Morgan fingerprint density at radius 3 is 2.37 bits per heavy atom. The maximum Gasteiger partial charge on any atom is 0.408 e. The fourth-order valence-electron chi connectivity index (χ4n) is 11.4. The highest BCUT2D eigenvalue weighted by Gasteiger charge is 2.77. The Hall–Kier alpha value is -4.96. The number of esters is 3. The fraction of sp³-hybridized carbons (Fsp3) is 0.625. The van der Waals surface area contributed by atoms with Crippen LogP contribution in [0.5, 0.6) is 0 Å². The van der Waals surface area contributed by atoms with Gasteiger partial charge in [0.15, 0.2) is 18.0 Å². The van der Waals surface area contributed by atoms with Gasteiger partial charge in [0.1, 0.15) is 41.7 Å². The van der Waals surface area contributed by atoms with Crippen molar-refractivity contribution in [2.24, 2.45) is 22.7 Å². The molecular formula is C48H60N4O13. The van der Waals surface area contributed by atoms with Crippen LogP contribution in [0.1, 0.15) is 96.7 Å². The molecule has 17 nitrogen and oxygen atoms in total. The number of pyridine rings is 1. The molecule has 2 bridgehead atoms. The summed E-state index contributed by atoms with van der Waals surface area (Å²) in [4.78, 5) is 61.6. The SMILES string of the molecule is CC(=O)O[C@@]12CO[C@@H]1CC[C@@]1(C)[C@@H]3O[C@H](CN4CC(C#N)C4)O[C@@H]3C3=C(C)[C@@H](OC(=O)[C@H](O)[C@@H](NC(=O)OC(C)(C)C)c4ccccn4)C[C@@](O)([C@@H](OC(=O)c4ccccc4)[C@@H]12)C3(C)C. The molecule has 5 fully saturated rings. The number of benzene rings is 1. The fourth-order valence-corrected chi connectivity index (χ4v) is 11.4. The van der Waals surface area contributed by atoms with Gasteiger partial charge < -0.3 is 48.7 Å². The molecule has 1 aromatic heterocycles. The van der Waals surface area contributed by atoms with Gasteiger partial charge in [0.25, 0.3) is 0 Å². The molecule has 2 aromatic rings. The molecule has 350 valence electrons. The summed E-state index contributed by atoms with van der Waals surface area (Å²) in [5.41, 5.74) is -5.30. The van der Waals surface area contributed by atoms with E-state index in [-0.39, 0.29) is 30.2 Å². The molecule has 0 spiro atoms. The summed E-state index contributed by atoms with van der Waals surface area (Å²) in [5.74, 6) is -3.57. The van der Waals surface area contributed by atoms with Crippen LogP contribution < -0.4 is 5.32 Å². The van der Waals surface area contributed by atoms with Crippen LogP contribution >= 0.6 is 0 Å². The molecule has 6 aliphatic rings. The Labute approximate surface area is 378 Å². The highest BCUT2D eigenvalue weighted by molar-refractivity contribution is 5.89. The molecule has 12 atom stereocenters. The average molecular weight is 901 g/mol. The third kappa shape index (κ3) is 8.20. The van der Waals surface area contributed by atoms with Crippen LogP contribution in [-0.2, 0) is 42.7 Å². The van der Waals surface area contributed by atoms with E-state index in [9.17, 15) is 34.7 Å². The number of nitriles is 1. The van der Waals surface area contributed by atoms with Gasteiger partial charge in [-0.15, -0.1) is 0 Å². The molecule has 3 aliphatic heterocycles. The van der Waals surface area contributed by atoms with Gasteiger partial charge in [0.2, 0.25) is 0 Å². The number of amides is 1. The summed E-state index contributed by atoms with van der Waals surface area (Å²) in [6.45, 7) is 15.1. The zero-order valence-corrected chi connectivity index (χ0v) is 38.1. The summed E-state index contributed by atoms with van der Waals surface area (Å²) < 4.78 is 44.9. The lowest BCUT2D eigenvalue weighted by Gasteiger charge is -2.68. The quantitative estimate of drug-likeness (QED) is 0.172. The average Bonchev–Trinajstić information content (AvgIpc) is 3.64. The first-order valence-electron chi connectivity index (χ1n) is 22.3. The summed E-state index contributed by atoms with van der Waals surface area (Å²) in [7, 11) is 0. The van der Waals surface area contributed by atoms with Crippen LogP contribution in [-0.4, -0.2) is 130 Å². The van der Waals surface area contributed by atoms with E-state index in [0.29, 0.717) is 43.6 Å². The van der Waals surface area contributed by atoms with Crippen LogP contribution in [0, 0.1) is 34.0 Å². The molecule has 4 heterocycles. The number of aromatic nitrogens is 1. The number of nitrogens with zero attached hydrogens (tertiary/aromatic N) is 3. The molecule has 0 radical (unpaired) electrons.